The number of carbonyl (C=O) groups is 2. The average Bonchev–Trinajstić information content (AvgIpc) is 2.60. The summed E-state index contributed by atoms with van der Waals surface area (Å²) in [6.45, 7) is 1.59. The Hall–Kier alpha value is -3.22. The van der Waals surface area contributed by atoms with Crippen molar-refractivity contribution in [3.8, 4) is 28.7 Å². The largest absolute Gasteiger partial charge is 0.504 e. The average molecular weight is 344 g/mol. The highest BCUT2D eigenvalue weighted by molar-refractivity contribution is 6.31. The van der Waals surface area contributed by atoms with E-state index in [1.807, 2.05) is 0 Å². The van der Waals surface area contributed by atoms with Crippen molar-refractivity contribution in [1.29, 1.82) is 0 Å². The van der Waals surface area contributed by atoms with Crippen molar-refractivity contribution in [2.45, 2.75) is 6.92 Å². The monoisotopic (exact) mass is 344 g/mol. The van der Waals surface area contributed by atoms with Crippen LogP contribution in [0.2, 0.25) is 0 Å². The van der Waals surface area contributed by atoms with Gasteiger partial charge in [0, 0.05) is 11.1 Å². The summed E-state index contributed by atoms with van der Waals surface area (Å²) in [5, 5.41) is 20.3. The number of phenols is 2. The molecular weight excluding hydrogens is 328 g/mol. The summed E-state index contributed by atoms with van der Waals surface area (Å²) in [7, 11) is 3.91. The van der Waals surface area contributed by atoms with E-state index in [9.17, 15) is 19.8 Å². The van der Waals surface area contributed by atoms with Gasteiger partial charge in [-0.1, -0.05) is 0 Å². The van der Waals surface area contributed by atoms with E-state index in [2.05, 4.69) is 0 Å². The van der Waals surface area contributed by atoms with E-state index in [1.54, 1.807) is 6.92 Å². The van der Waals surface area contributed by atoms with Gasteiger partial charge in [-0.05, 0) is 24.6 Å². The van der Waals surface area contributed by atoms with Gasteiger partial charge < -0.3 is 24.4 Å². The number of ether oxygens (including phenoxy) is 3. The van der Waals surface area contributed by atoms with E-state index in [0.29, 0.717) is 5.56 Å². The number of aryl methyl sites for hydroxylation is 1. The van der Waals surface area contributed by atoms with Gasteiger partial charge in [0.2, 0.25) is 11.5 Å². The first-order valence-corrected chi connectivity index (χ1v) is 7.35. The Bertz CT molecular complexity index is 928. The van der Waals surface area contributed by atoms with Crippen LogP contribution in [0, 0.1) is 6.92 Å². The summed E-state index contributed by atoms with van der Waals surface area (Å²) < 4.78 is 15.5. The lowest BCUT2D eigenvalue weighted by molar-refractivity contribution is 0.0972. The van der Waals surface area contributed by atoms with Crippen LogP contribution in [0.1, 0.15) is 37.4 Å². The number of aromatic hydroxyl groups is 2. The van der Waals surface area contributed by atoms with Crippen LogP contribution in [0.25, 0.3) is 0 Å². The van der Waals surface area contributed by atoms with Crippen molar-refractivity contribution in [2.24, 2.45) is 0 Å². The molecule has 0 fully saturated rings. The third-order valence-electron chi connectivity index (χ3n) is 4.22. The highest BCUT2D eigenvalue weighted by Crippen LogP contribution is 2.48. The summed E-state index contributed by atoms with van der Waals surface area (Å²) in [6, 6.07) is 2.60. The molecule has 0 radical (unpaired) electrons. The fourth-order valence-electron chi connectivity index (χ4n) is 3.07. The Labute approximate surface area is 143 Å². The van der Waals surface area contributed by atoms with Crippen molar-refractivity contribution in [1.82, 2.24) is 0 Å². The molecule has 7 nitrogen and oxygen atoms in total. The van der Waals surface area contributed by atoms with E-state index in [0.717, 1.165) is 0 Å². The molecule has 25 heavy (non-hydrogen) atoms. The van der Waals surface area contributed by atoms with Gasteiger partial charge in [0.25, 0.3) is 0 Å². The molecule has 2 aromatic rings. The molecule has 1 aliphatic rings. The maximum absolute atomic E-state index is 13.1. The fraction of sp³-hybridized carbons (Fsp3) is 0.222. The molecule has 0 unspecified atom stereocenters. The van der Waals surface area contributed by atoms with Crippen LogP contribution in [0.3, 0.4) is 0 Å². The first-order valence-electron chi connectivity index (χ1n) is 7.35. The van der Waals surface area contributed by atoms with E-state index >= 15 is 0 Å². The number of hydrogen-bond donors (Lipinski definition) is 2. The van der Waals surface area contributed by atoms with Gasteiger partial charge in [0.05, 0.1) is 32.5 Å². The van der Waals surface area contributed by atoms with Crippen LogP contribution < -0.4 is 14.2 Å². The second-order valence-electron chi connectivity index (χ2n) is 5.54. The maximum atomic E-state index is 13.1. The van der Waals surface area contributed by atoms with Gasteiger partial charge in [-0.2, -0.15) is 0 Å². The topological polar surface area (TPSA) is 102 Å². The minimum absolute atomic E-state index is 0.000192. The van der Waals surface area contributed by atoms with Crippen molar-refractivity contribution >= 4 is 11.6 Å². The second-order valence-corrected chi connectivity index (χ2v) is 5.54. The molecule has 2 N–H and O–H groups in total. The molecule has 7 heteroatoms. The molecule has 2 aromatic carbocycles. The van der Waals surface area contributed by atoms with Crippen LogP contribution in [0.5, 0.6) is 28.7 Å². The fourth-order valence-corrected chi connectivity index (χ4v) is 3.07. The molecule has 3 rings (SSSR count). The molecule has 130 valence electrons. The van der Waals surface area contributed by atoms with Gasteiger partial charge >= 0.3 is 0 Å². The lowest BCUT2D eigenvalue weighted by atomic mass is 9.81. The predicted octanol–water partition coefficient (Wildman–Crippen LogP) is 2.21. The van der Waals surface area contributed by atoms with Crippen LogP contribution in [0.15, 0.2) is 12.1 Å². The van der Waals surface area contributed by atoms with Crippen LogP contribution in [-0.4, -0.2) is 43.1 Å². The number of benzene rings is 2. The lowest BCUT2D eigenvalue weighted by Gasteiger charge is -2.24. The van der Waals surface area contributed by atoms with Crippen LogP contribution in [-0.2, 0) is 0 Å². The smallest absolute Gasteiger partial charge is 0.203 e. The van der Waals surface area contributed by atoms with Crippen LogP contribution >= 0.6 is 0 Å². The third-order valence-corrected chi connectivity index (χ3v) is 4.22. The Morgan fingerprint density at radius 3 is 1.84 bits per heavy atom. The Kier molecular flexibility index (Phi) is 3.79. The lowest BCUT2D eigenvalue weighted by Crippen LogP contribution is -2.23. The number of phenolic OH excluding ortho intramolecular Hbond substituents is 2. The number of hydrogen-bond acceptors (Lipinski definition) is 7. The van der Waals surface area contributed by atoms with Crippen LogP contribution in [0.4, 0.5) is 0 Å². The first kappa shape index (κ1) is 16.6. The Morgan fingerprint density at radius 2 is 1.28 bits per heavy atom. The highest BCUT2D eigenvalue weighted by atomic mass is 16.5. The summed E-state index contributed by atoms with van der Waals surface area (Å²) >= 11 is 0. The van der Waals surface area contributed by atoms with E-state index < -0.39 is 11.6 Å². The number of ketones is 2. The molecule has 1 aliphatic carbocycles. The number of methoxy groups -OCH3 is 3. The van der Waals surface area contributed by atoms with Gasteiger partial charge in [-0.25, -0.2) is 0 Å². The zero-order chi connectivity index (χ0) is 18.5. The Balaban J connectivity index is 2.43. The summed E-state index contributed by atoms with van der Waals surface area (Å²) in [5.41, 5.74) is 0.395. The van der Waals surface area contributed by atoms with Gasteiger partial charge in [-0.15, -0.1) is 0 Å². The standard InChI is InChI=1S/C18H16O7/c1-7-5-8-11(17(24-3)13(7)20)15(22)12-9(14(8)21)6-10(19)16(23-2)18(12)25-4/h5-6,19-20H,1-4H3. The molecular formula is C18H16O7. The highest BCUT2D eigenvalue weighted by Gasteiger charge is 2.38. The van der Waals surface area contributed by atoms with Crippen molar-refractivity contribution in [2.75, 3.05) is 21.3 Å². The molecule has 0 heterocycles. The van der Waals surface area contributed by atoms with Crippen molar-refractivity contribution < 1.29 is 34.0 Å². The number of carbonyl (C=O) groups excluding carboxylic acids is 2. The SMILES string of the molecule is COc1c(O)cc2c(c1OC)C(=O)c1c(cc(C)c(O)c1OC)C2=O. The first-order chi connectivity index (χ1) is 11.9. The molecule has 0 saturated heterocycles. The van der Waals surface area contributed by atoms with Crippen molar-refractivity contribution in [3.05, 3.63) is 39.9 Å². The third kappa shape index (κ3) is 2.12. The minimum atomic E-state index is -0.563. The zero-order valence-electron chi connectivity index (χ0n) is 14.1. The maximum Gasteiger partial charge on any atom is 0.203 e. The molecule has 0 amide bonds. The normalized spacial score (nSPS) is 12.5. The molecule has 0 bridgehead atoms. The molecule has 0 atom stereocenters. The number of fused-ring (bicyclic) bond motifs is 2. The van der Waals surface area contributed by atoms with Gasteiger partial charge in [-0.3, -0.25) is 9.59 Å². The summed E-state index contributed by atoms with van der Waals surface area (Å²) in [6.07, 6.45) is 0. The second kappa shape index (κ2) is 5.70. The van der Waals surface area contributed by atoms with E-state index in [1.165, 1.54) is 33.5 Å². The quantitative estimate of drug-likeness (QED) is 0.751. The zero-order valence-corrected chi connectivity index (χ0v) is 14.1. The Morgan fingerprint density at radius 1 is 0.760 bits per heavy atom. The molecule has 0 spiro atoms. The van der Waals surface area contributed by atoms with E-state index in [-0.39, 0.29) is 51.0 Å². The summed E-state index contributed by atoms with van der Waals surface area (Å²) in [4.78, 5) is 26.0. The molecule has 0 aromatic heterocycles. The minimum Gasteiger partial charge on any atom is -0.504 e. The van der Waals surface area contributed by atoms with Crippen molar-refractivity contribution in [3.63, 3.8) is 0 Å². The predicted molar refractivity (Wildman–Crippen MR) is 87.5 cm³/mol. The number of rotatable bonds is 3. The molecule has 0 aliphatic heterocycles. The van der Waals surface area contributed by atoms with E-state index in [4.69, 9.17) is 14.2 Å². The summed E-state index contributed by atoms with van der Waals surface area (Å²) in [5.74, 6) is -1.76. The molecule has 0 saturated carbocycles. The van der Waals surface area contributed by atoms with Gasteiger partial charge in [0.1, 0.15) is 0 Å². The van der Waals surface area contributed by atoms with Gasteiger partial charge in [0.15, 0.2) is 28.8 Å².